The van der Waals surface area contributed by atoms with Crippen LogP contribution >= 0.6 is 15.9 Å². The van der Waals surface area contributed by atoms with Crippen LogP contribution in [0.3, 0.4) is 0 Å². The van der Waals surface area contributed by atoms with Crippen molar-refractivity contribution in [3.8, 4) is 5.88 Å². The SMILES string of the molecule is COc1cnc(NS(=O)(=O)c2cc(N(C)C)ccc2Br)cn1. The van der Waals surface area contributed by atoms with Crippen molar-refractivity contribution < 1.29 is 13.2 Å². The van der Waals surface area contributed by atoms with Gasteiger partial charge in [-0.3, -0.25) is 4.72 Å². The van der Waals surface area contributed by atoms with Gasteiger partial charge in [0.25, 0.3) is 10.0 Å². The van der Waals surface area contributed by atoms with E-state index in [9.17, 15) is 8.42 Å². The molecule has 118 valence electrons. The Morgan fingerprint density at radius 2 is 1.95 bits per heavy atom. The molecule has 0 aliphatic heterocycles. The fraction of sp³-hybridized carbons (Fsp3) is 0.231. The van der Waals surface area contributed by atoms with Crippen molar-refractivity contribution in [2.75, 3.05) is 30.8 Å². The van der Waals surface area contributed by atoms with Crippen LogP contribution < -0.4 is 14.4 Å². The Balaban J connectivity index is 2.35. The molecule has 1 aromatic heterocycles. The largest absolute Gasteiger partial charge is 0.480 e. The summed E-state index contributed by atoms with van der Waals surface area (Å²) in [7, 11) is 1.34. The first-order valence-electron chi connectivity index (χ1n) is 6.19. The average Bonchev–Trinajstić information content (AvgIpc) is 2.47. The Bertz CT molecular complexity index is 763. The molecule has 2 aromatic rings. The minimum absolute atomic E-state index is 0.114. The number of rotatable bonds is 5. The zero-order valence-electron chi connectivity index (χ0n) is 12.2. The van der Waals surface area contributed by atoms with E-state index < -0.39 is 10.0 Å². The van der Waals surface area contributed by atoms with E-state index in [1.807, 2.05) is 25.1 Å². The van der Waals surface area contributed by atoms with E-state index in [0.717, 1.165) is 5.69 Å². The van der Waals surface area contributed by atoms with Gasteiger partial charge in [-0.25, -0.2) is 18.4 Å². The van der Waals surface area contributed by atoms with Gasteiger partial charge in [0, 0.05) is 24.3 Å². The first-order chi connectivity index (χ1) is 10.3. The van der Waals surface area contributed by atoms with Crippen molar-refractivity contribution in [2.24, 2.45) is 0 Å². The second kappa shape index (κ2) is 6.49. The molecule has 1 heterocycles. The number of halogens is 1. The molecular formula is C13H15BrN4O3S. The van der Waals surface area contributed by atoms with Crippen LogP contribution in [0.1, 0.15) is 0 Å². The molecule has 0 saturated heterocycles. The van der Waals surface area contributed by atoms with Crippen LogP contribution in [-0.4, -0.2) is 39.6 Å². The molecule has 1 N–H and O–H groups in total. The Morgan fingerprint density at radius 3 is 2.50 bits per heavy atom. The Hall–Kier alpha value is -1.87. The van der Waals surface area contributed by atoms with Gasteiger partial charge in [0.15, 0.2) is 5.82 Å². The monoisotopic (exact) mass is 386 g/mol. The third-order valence-corrected chi connectivity index (χ3v) is 5.15. The number of hydrogen-bond acceptors (Lipinski definition) is 6. The van der Waals surface area contributed by atoms with Gasteiger partial charge in [-0.1, -0.05) is 0 Å². The summed E-state index contributed by atoms with van der Waals surface area (Å²) in [6.45, 7) is 0. The van der Waals surface area contributed by atoms with Crippen molar-refractivity contribution in [3.05, 3.63) is 35.1 Å². The van der Waals surface area contributed by atoms with E-state index in [4.69, 9.17) is 4.74 Å². The smallest absolute Gasteiger partial charge is 0.264 e. The molecule has 7 nitrogen and oxygen atoms in total. The van der Waals surface area contributed by atoms with Crippen LogP contribution in [0.15, 0.2) is 40.0 Å². The predicted molar refractivity (Wildman–Crippen MR) is 87.9 cm³/mol. The van der Waals surface area contributed by atoms with Crippen molar-refractivity contribution >= 4 is 37.5 Å². The number of anilines is 2. The van der Waals surface area contributed by atoms with Gasteiger partial charge in [0.2, 0.25) is 5.88 Å². The topological polar surface area (TPSA) is 84.4 Å². The van der Waals surface area contributed by atoms with Crippen LogP contribution in [0.2, 0.25) is 0 Å². The lowest BCUT2D eigenvalue weighted by molar-refractivity contribution is 0.396. The van der Waals surface area contributed by atoms with E-state index >= 15 is 0 Å². The van der Waals surface area contributed by atoms with E-state index in [1.54, 1.807) is 12.1 Å². The van der Waals surface area contributed by atoms with Crippen molar-refractivity contribution in [1.29, 1.82) is 0 Å². The lowest BCUT2D eigenvalue weighted by atomic mass is 10.3. The molecule has 0 spiro atoms. The predicted octanol–water partition coefficient (Wildman–Crippen LogP) is 2.11. The van der Waals surface area contributed by atoms with E-state index in [-0.39, 0.29) is 10.7 Å². The summed E-state index contributed by atoms with van der Waals surface area (Å²) in [5.41, 5.74) is 0.768. The number of sulfonamides is 1. The number of ether oxygens (including phenoxy) is 1. The maximum Gasteiger partial charge on any atom is 0.264 e. The normalized spacial score (nSPS) is 11.1. The van der Waals surface area contributed by atoms with Crippen LogP contribution in [-0.2, 0) is 10.0 Å². The summed E-state index contributed by atoms with van der Waals surface area (Å²) < 4.78 is 32.7. The molecule has 2 rings (SSSR count). The molecule has 0 aliphatic carbocycles. The Morgan fingerprint density at radius 1 is 1.23 bits per heavy atom. The summed E-state index contributed by atoms with van der Waals surface area (Å²) in [5.74, 6) is 0.418. The minimum Gasteiger partial charge on any atom is -0.480 e. The van der Waals surface area contributed by atoms with Gasteiger partial charge < -0.3 is 9.64 Å². The van der Waals surface area contributed by atoms with Gasteiger partial charge in [-0.2, -0.15) is 0 Å². The highest BCUT2D eigenvalue weighted by Crippen LogP contribution is 2.27. The second-order valence-electron chi connectivity index (χ2n) is 4.56. The molecule has 0 bridgehead atoms. The second-order valence-corrected chi connectivity index (χ2v) is 7.06. The third-order valence-electron chi connectivity index (χ3n) is 2.80. The lowest BCUT2D eigenvalue weighted by Crippen LogP contribution is -2.16. The fourth-order valence-corrected chi connectivity index (χ4v) is 3.62. The highest BCUT2D eigenvalue weighted by Gasteiger charge is 2.19. The molecule has 0 radical (unpaired) electrons. The van der Waals surface area contributed by atoms with Crippen molar-refractivity contribution in [2.45, 2.75) is 4.90 Å². The Labute approximate surface area is 137 Å². The van der Waals surface area contributed by atoms with Crippen molar-refractivity contribution in [3.63, 3.8) is 0 Å². The summed E-state index contributed by atoms with van der Waals surface area (Å²) in [5, 5.41) is 0. The van der Waals surface area contributed by atoms with Gasteiger partial charge in [0.1, 0.15) is 4.90 Å². The molecule has 0 saturated carbocycles. The zero-order valence-corrected chi connectivity index (χ0v) is 14.6. The molecule has 1 aromatic carbocycles. The molecule has 0 fully saturated rings. The highest BCUT2D eigenvalue weighted by molar-refractivity contribution is 9.10. The van der Waals surface area contributed by atoms with Gasteiger partial charge >= 0.3 is 0 Å². The number of nitrogens with one attached hydrogen (secondary N) is 1. The molecule has 22 heavy (non-hydrogen) atoms. The van der Waals surface area contributed by atoms with Crippen LogP contribution in [0.25, 0.3) is 0 Å². The van der Waals surface area contributed by atoms with Crippen LogP contribution in [0.5, 0.6) is 5.88 Å². The van der Waals surface area contributed by atoms with E-state index in [0.29, 0.717) is 10.4 Å². The fourth-order valence-electron chi connectivity index (χ4n) is 1.64. The van der Waals surface area contributed by atoms with Crippen LogP contribution in [0.4, 0.5) is 11.5 Å². The number of hydrogen-bond donors (Lipinski definition) is 1. The molecule has 0 aliphatic rings. The average molecular weight is 387 g/mol. The van der Waals surface area contributed by atoms with Crippen molar-refractivity contribution in [1.82, 2.24) is 9.97 Å². The minimum atomic E-state index is -3.79. The van der Waals surface area contributed by atoms with Gasteiger partial charge in [0.05, 0.1) is 19.5 Å². The molecule has 0 atom stereocenters. The number of benzene rings is 1. The maximum atomic E-state index is 12.5. The number of nitrogens with zero attached hydrogens (tertiary/aromatic N) is 3. The molecular weight excluding hydrogens is 372 g/mol. The summed E-state index contributed by atoms with van der Waals surface area (Å²) in [6.07, 6.45) is 2.63. The zero-order chi connectivity index (χ0) is 16.3. The summed E-state index contributed by atoms with van der Waals surface area (Å²) >= 11 is 3.26. The molecule has 0 unspecified atom stereocenters. The Kier molecular flexibility index (Phi) is 4.87. The molecule has 0 amide bonds. The number of methoxy groups -OCH3 is 1. The van der Waals surface area contributed by atoms with Crippen LogP contribution in [0, 0.1) is 0 Å². The van der Waals surface area contributed by atoms with Gasteiger partial charge in [-0.05, 0) is 34.1 Å². The first-order valence-corrected chi connectivity index (χ1v) is 8.47. The standard InChI is InChI=1S/C13H15BrN4O3S/c1-18(2)9-4-5-10(14)11(6-9)22(19,20)17-12-7-16-13(21-3)8-15-12/h4-8H,1-3H3,(H,15,17). The summed E-state index contributed by atoms with van der Waals surface area (Å²) in [4.78, 5) is 9.80. The first kappa shape index (κ1) is 16.5. The quantitative estimate of drug-likeness (QED) is 0.846. The lowest BCUT2D eigenvalue weighted by Gasteiger charge is -2.15. The summed E-state index contributed by atoms with van der Waals surface area (Å²) in [6, 6.07) is 5.07. The van der Waals surface area contributed by atoms with E-state index in [1.165, 1.54) is 19.5 Å². The van der Waals surface area contributed by atoms with E-state index in [2.05, 4.69) is 30.6 Å². The van der Waals surface area contributed by atoms with Gasteiger partial charge in [-0.15, -0.1) is 0 Å². The molecule has 9 heteroatoms. The third kappa shape index (κ3) is 3.66. The number of aromatic nitrogens is 2. The highest BCUT2D eigenvalue weighted by atomic mass is 79.9. The maximum absolute atomic E-state index is 12.5.